The van der Waals surface area contributed by atoms with E-state index >= 15 is 0 Å². The molecule has 0 aliphatic heterocycles. The molecule has 0 aliphatic rings. The average molecular weight is 176 g/mol. The van der Waals surface area contributed by atoms with Gasteiger partial charge in [-0.1, -0.05) is 13.8 Å². The molecule has 0 atom stereocenters. The number of aromatic nitrogens is 4. The van der Waals surface area contributed by atoms with Crippen LogP contribution in [0.2, 0.25) is 0 Å². The van der Waals surface area contributed by atoms with Crippen LogP contribution in [0.15, 0.2) is 30.9 Å². The van der Waals surface area contributed by atoms with Crippen LogP contribution in [-0.4, -0.2) is 20.2 Å². The van der Waals surface area contributed by atoms with E-state index in [0.29, 0.717) is 0 Å². The number of hydrogen-bond donors (Lipinski definition) is 1. The second-order valence-electron chi connectivity index (χ2n) is 2.06. The SMILES string of the molecule is CC.c1cc(-c2ccn[nH]2)ncn1. The maximum absolute atomic E-state index is 4.04. The van der Waals surface area contributed by atoms with Crippen LogP contribution in [0.25, 0.3) is 11.4 Å². The third kappa shape index (κ3) is 2.37. The highest BCUT2D eigenvalue weighted by atomic mass is 15.1. The molecule has 13 heavy (non-hydrogen) atoms. The summed E-state index contributed by atoms with van der Waals surface area (Å²) in [7, 11) is 0. The molecule has 1 N–H and O–H groups in total. The second-order valence-corrected chi connectivity index (χ2v) is 2.06. The van der Waals surface area contributed by atoms with E-state index in [0.717, 1.165) is 11.4 Å². The summed E-state index contributed by atoms with van der Waals surface area (Å²) in [6, 6.07) is 3.69. The molecule has 0 spiro atoms. The Morgan fingerprint density at radius 3 is 2.54 bits per heavy atom. The smallest absolute Gasteiger partial charge is 0.116 e. The van der Waals surface area contributed by atoms with E-state index in [9.17, 15) is 0 Å². The molecule has 0 aliphatic carbocycles. The molecule has 2 aromatic rings. The van der Waals surface area contributed by atoms with Crippen LogP contribution in [0.4, 0.5) is 0 Å². The van der Waals surface area contributed by atoms with Gasteiger partial charge in [0.05, 0.1) is 11.4 Å². The van der Waals surface area contributed by atoms with Gasteiger partial charge in [0, 0.05) is 12.4 Å². The van der Waals surface area contributed by atoms with Crippen molar-refractivity contribution in [2.75, 3.05) is 0 Å². The summed E-state index contributed by atoms with van der Waals surface area (Å²) in [5.74, 6) is 0. The highest BCUT2D eigenvalue weighted by Crippen LogP contribution is 2.09. The van der Waals surface area contributed by atoms with Crippen LogP contribution in [0, 0.1) is 0 Å². The van der Waals surface area contributed by atoms with Crippen molar-refractivity contribution >= 4 is 0 Å². The Bertz CT molecular complexity index is 315. The fourth-order valence-corrected chi connectivity index (χ4v) is 0.849. The zero-order chi connectivity index (χ0) is 9.52. The molecule has 0 amide bonds. The summed E-state index contributed by atoms with van der Waals surface area (Å²) in [5.41, 5.74) is 1.77. The van der Waals surface area contributed by atoms with Gasteiger partial charge in [0.2, 0.25) is 0 Å². The molecule has 4 nitrogen and oxygen atoms in total. The minimum Gasteiger partial charge on any atom is -0.276 e. The number of nitrogens with zero attached hydrogens (tertiary/aromatic N) is 3. The van der Waals surface area contributed by atoms with Gasteiger partial charge in [0.15, 0.2) is 0 Å². The number of nitrogens with one attached hydrogen (secondary N) is 1. The zero-order valence-electron chi connectivity index (χ0n) is 7.73. The maximum atomic E-state index is 4.04. The number of H-pyrrole nitrogens is 1. The molecule has 68 valence electrons. The Balaban J connectivity index is 0.000000396. The molecule has 4 heteroatoms. The molecular formula is C9H12N4. The predicted octanol–water partition coefficient (Wildman–Crippen LogP) is 1.89. The van der Waals surface area contributed by atoms with Crippen LogP contribution < -0.4 is 0 Å². The van der Waals surface area contributed by atoms with Crippen molar-refractivity contribution in [1.29, 1.82) is 0 Å². The summed E-state index contributed by atoms with van der Waals surface area (Å²) in [6.45, 7) is 4.00. The van der Waals surface area contributed by atoms with Crippen molar-refractivity contribution in [3.63, 3.8) is 0 Å². The summed E-state index contributed by atoms with van der Waals surface area (Å²) in [4.78, 5) is 7.85. The second kappa shape index (κ2) is 5.03. The van der Waals surface area contributed by atoms with Gasteiger partial charge >= 0.3 is 0 Å². The molecule has 0 saturated heterocycles. The lowest BCUT2D eigenvalue weighted by Gasteiger charge is -1.91. The Morgan fingerprint density at radius 1 is 1.15 bits per heavy atom. The van der Waals surface area contributed by atoms with Crippen molar-refractivity contribution < 1.29 is 0 Å². The lowest BCUT2D eigenvalue weighted by molar-refractivity contribution is 1.08. The van der Waals surface area contributed by atoms with Crippen molar-refractivity contribution in [1.82, 2.24) is 20.2 Å². The Morgan fingerprint density at radius 2 is 2.00 bits per heavy atom. The zero-order valence-corrected chi connectivity index (χ0v) is 7.73. The molecule has 0 bridgehead atoms. The minimum absolute atomic E-state index is 0.859. The molecule has 0 aromatic carbocycles. The van der Waals surface area contributed by atoms with E-state index in [1.54, 1.807) is 12.4 Å². The third-order valence-corrected chi connectivity index (χ3v) is 1.36. The molecule has 0 unspecified atom stereocenters. The Hall–Kier alpha value is -1.71. The lowest BCUT2D eigenvalue weighted by atomic mass is 10.3. The van der Waals surface area contributed by atoms with E-state index in [1.807, 2.05) is 26.0 Å². The van der Waals surface area contributed by atoms with E-state index in [1.165, 1.54) is 6.33 Å². The van der Waals surface area contributed by atoms with Gasteiger partial charge in [-0.25, -0.2) is 9.97 Å². The van der Waals surface area contributed by atoms with Gasteiger partial charge < -0.3 is 0 Å². The quantitative estimate of drug-likeness (QED) is 0.721. The van der Waals surface area contributed by atoms with Crippen LogP contribution >= 0.6 is 0 Å². The first-order valence-corrected chi connectivity index (χ1v) is 4.22. The third-order valence-electron chi connectivity index (χ3n) is 1.36. The summed E-state index contributed by atoms with van der Waals surface area (Å²) in [6.07, 6.45) is 4.90. The standard InChI is InChI=1S/C7H6N4.C2H6/c1-3-8-5-9-6(1)7-2-4-10-11-7;1-2/h1-5H,(H,10,11);1-2H3. The van der Waals surface area contributed by atoms with E-state index < -0.39 is 0 Å². The highest BCUT2D eigenvalue weighted by molar-refractivity contribution is 5.51. The van der Waals surface area contributed by atoms with Gasteiger partial charge in [0.25, 0.3) is 0 Å². The topological polar surface area (TPSA) is 54.5 Å². The van der Waals surface area contributed by atoms with E-state index in [4.69, 9.17) is 0 Å². The normalized spacial score (nSPS) is 8.77. The summed E-state index contributed by atoms with van der Waals surface area (Å²) >= 11 is 0. The Labute approximate surface area is 77.1 Å². The molecule has 0 fully saturated rings. The van der Waals surface area contributed by atoms with E-state index in [-0.39, 0.29) is 0 Å². The average Bonchev–Trinajstić information content (AvgIpc) is 2.75. The Kier molecular flexibility index (Phi) is 3.63. The van der Waals surface area contributed by atoms with Crippen molar-refractivity contribution in [3.8, 4) is 11.4 Å². The van der Waals surface area contributed by atoms with Gasteiger partial charge in [-0.05, 0) is 12.1 Å². The van der Waals surface area contributed by atoms with Gasteiger partial charge in [-0.2, -0.15) is 5.10 Å². The minimum atomic E-state index is 0.859. The highest BCUT2D eigenvalue weighted by Gasteiger charge is 1.96. The van der Waals surface area contributed by atoms with Crippen LogP contribution in [0.3, 0.4) is 0 Å². The van der Waals surface area contributed by atoms with Crippen LogP contribution in [0.1, 0.15) is 13.8 Å². The molecular weight excluding hydrogens is 164 g/mol. The van der Waals surface area contributed by atoms with Crippen molar-refractivity contribution in [2.24, 2.45) is 0 Å². The molecule has 2 rings (SSSR count). The first kappa shape index (κ1) is 9.38. The number of rotatable bonds is 1. The summed E-state index contributed by atoms with van der Waals surface area (Å²) < 4.78 is 0. The number of hydrogen-bond acceptors (Lipinski definition) is 3. The molecule has 0 radical (unpaired) electrons. The fourth-order valence-electron chi connectivity index (χ4n) is 0.849. The number of aromatic amines is 1. The van der Waals surface area contributed by atoms with Crippen molar-refractivity contribution in [3.05, 3.63) is 30.9 Å². The predicted molar refractivity (Wildman–Crippen MR) is 51.0 cm³/mol. The molecule has 2 aromatic heterocycles. The van der Waals surface area contributed by atoms with Gasteiger partial charge in [0.1, 0.15) is 6.33 Å². The van der Waals surface area contributed by atoms with Crippen molar-refractivity contribution in [2.45, 2.75) is 13.8 Å². The first-order valence-electron chi connectivity index (χ1n) is 4.22. The van der Waals surface area contributed by atoms with Gasteiger partial charge in [-0.15, -0.1) is 0 Å². The van der Waals surface area contributed by atoms with Gasteiger partial charge in [-0.3, -0.25) is 5.10 Å². The van der Waals surface area contributed by atoms with Crippen LogP contribution in [0.5, 0.6) is 0 Å². The molecule has 0 saturated carbocycles. The lowest BCUT2D eigenvalue weighted by Crippen LogP contribution is -1.83. The monoisotopic (exact) mass is 176 g/mol. The van der Waals surface area contributed by atoms with Crippen LogP contribution in [-0.2, 0) is 0 Å². The largest absolute Gasteiger partial charge is 0.276 e. The fraction of sp³-hybridized carbons (Fsp3) is 0.222. The van der Waals surface area contributed by atoms with E-state index in [2.05, 4.69) is 20.2 Å². The summed E-state index contributed by atoms with van der Waals surface area (Å²) in [5, 5.41) is 6.63. The molecule has 2 heterocycles. The first-order chi connectivity index (χ1) is 6.47. The maximum Gasteiger partial charge on any atom is 0.116 e.